The number of carbonyl (C=O) groups is 1. The highest BCUT2D eigenvalue weighted by Crippen LogP contribution is 2.23. The lowest BCUT2D eigenvalue weighted by atomic mass is 10.2. The lowest BCUT2D eigenvalue weighted by Crippen LogP contribution is -2.28. The number of hydrogen-bond acceptors (Lipinski definition) is 3. The quantitative estimate of drug-likeness (QED) is 0.867. The highest BCUT2D eigenvalue weighted by atomic mass is 35.5. The van der Waals surface area contributed by atoms with Gasteiger partial charge in [0, 0.05) is 6.54 Å². The molecular weight excluding hydrogens is 323 g/mol. The van der Waals surface area contributed by atoms with Crippen molar-refractivity contribution in [1.82, 2.24) is 4.72 Å². The van der Waals surface area contributed by atoms with Gasteiger partial charge in [-0.3, -0.25) is 0 Å². The molecule has 0 amide bonds. The molecule has 0 heterocycles. The zero-order chi connectivity index (χ0) is 15.6. The highest BCUT2D eigenvalue weighted by Gasteiger charge is 2.28. The van der Waals surface area contributed by atoms with Crippen molar-refractivity contribution in [1.29, 1.82) is 0 Å². The minimum absolute atomic E-state index is 0.283. The molecule has 0 atom stereocenters. The van der Waals surface area contributed by atoms with Crippen LogP contribution in [0.3, 0.4) is 0 Å². The minimum Gasteiger partial charge on any atom is -0.478 e. The second-order valence-corrected chi connectivity index (χ2v) is 5.86. The maximum Gasteiger partial charge on any atom is 0.390 e. The van der Waals surface area contributed by atoms with Crippen LogP contribution in [0.5, 0.6) is 0 Å². The van der Waals surface area contributed by atoms with Gasteiger partial charge in [0.1, 0.15) is 4.90 Å². The van der Waals surface area contributed by atoms with Crippen molar-refractivity contribution >= 4 is 27.6 Å². The molecular formula is C10H9ClF3NO4S. The first-order chi connectivity index (χ1) is 9.03. The minimum atomic E-state index is -4.50. The SMILES string of the molecule is O=C(O)c1ccc(Cl)c(S(=O)(=O)NCCC(F)(F)F)c1. The van der Waals surface area contributed by atoms with Gasteiger partial charge in [0.25, 0.3) is 0 Å². The Labute approximate surface area is 117 Å². The van der Waals surface area contributed by atoms with E-state index in [2.05, 4.69) is 0 Å². The summed E-state index contributed by atoms with van der Waals surface area (Å²) in [4.78, 5) is 10.1. The maximum absolute atomic E-state index is 11.9. The summed E-state index contributed by atoms with van der Waals surface area (Å²) in [5.41, 5.74) is -0.342. The number of nitrogens with one attached hydrogen (secondary N) is 1. The van der Waals surface area contributed by atoms with Gasteiger partial charge >= 0.3 is 12.1 Å². The van der Waals surface area contributed by atoms with Crippen LogP contribution in [0.15, 0.2) is 23.1 Å². The number of carboxylic acids is 1. The standard InChI is InChI=1S/C10H9ClF3NO4S/c11-7-2-1-6(9(16)17)5-8(7)20(18,19)15-4-3-10(12,13)14/h1-2,5,15H,3-4H2,(H,16,17). The molecule has 10 heteroatoms. The van der Waals surface area contributed by atoms with Crippen LogP contribution in [-0.2, 0) is 10.0 Å². The van der Waals surface area contributed by atoms with Crippen molar-refractivity contribution in [3.05, 3.63) is 28.8 Å². The molecule has 0 unspecified atom stereocenters. The molecule has 1 rings (SSSR count). The molecule has 0 bridgehead atoms. The zero-order valence-electron chi connectivity index (χ0n) is 9.74. The van der Waals surface area contributed by atoms with E-state index in [1.165, 1.54) is 0 Å². The van der Waals surface area contributed by atoms with Crippen molar-refractivity contribution in [2.75, 3.05) is 6.54 Å². The fourth-order valence-electron chi connectivity index (χ4n) is 1.25. The van der Waals surface area contributed by atoms with Gasteiger partial charge in [0.2, 0.25) is 10.0 Å². The molecule has 0 aliphatic heterocycles. The van der Waals surface area contributed by atoms with Gasteiger partial charge in [-0.05, 0) is 18.2 Å². The average molecular weight is 332 g/mol. The summed E-state index contributed by atoms with van der Waals surface area (Å²) in [6.07, 6.45) is -5.85. The fourth-order valence-corrected chi connectivity index (χ4v) is 2.80. The van der Waals surface area contributed by atoms with Gasteiger partial charge in [0.05, 0.1) is 17.0 Å². The predicted molar refractivity (Wildman–Crippen MR) is 64.3 cm³/mol. The van der Waals surface area contributed by atoms with Crippen molar-refractivity contribution in [2.45, 2.75) is 17.5 Å². The summed E-state index contributed by atoms with van der Waals surface area (Å²) in [5.74, 6) is -1.38. The highest BCUT2D eigenvalue weighted by molar-refractivity contribution is 7.89. The van der Waals surface area contributed by atoms with E-state index in [9.17, 15) is 26.4 Å². The lowest BCUT2D eigenvalue weighted by Gasteiger charge is -2.10. The molecule has 0 spiro atoms. The summed E-state index contributed by atoms with van der Waals surface area (Å²) in [7, 11) is -4.31. The monoisotopic (exact) mass is 331 g/mol. The Bertz CT molecular complexity index is 615. The number of rotatable bonds is 5. The first-order valence-electron chi connectivity index (χ1n) is 5.12. The van der Waals surface area contributed by atoms with E-state index in [4.69, 9.17) is 16.7 Å². The molecule has 5 nitrogen and oxygen atoms in total. The van der Waals surface area contributed by atoms with E-state index in [0.29, 0.717) is 0 Å². The Morgan fingerprint density at radius 1 is 1.35 bits per heavy atom. The third-order valence-corrected chi connectivity index (χ3v) is 4.11. The smallest absolute Gasteiger partial charge is 0.390 e. The van der Waals surface area contributed by atoms with Crippen LogP contribution in [0.2, 0.25) is 5.02 Å². The number of hydrogen-bond donors (Lipinski definition) is 2. The number of aromatic carboxylic acids is 1. The molecule has 0 radical (unpaired) electrons. The fraction of sp³-hybridized carbons (Fsp3) is 0.300. The van der Waals surface area contributed by atoms with Crippen molar-refractivity contribution in [3.63, 3.8) is 0 Å². The molecule has 0 saturated heterocycles. The maximum atomic E-state index is 11.9. The van der Waals surface area contributed by atoms with Gasteiger partial charge < -0.3 is 5.11 Å². The van der Waals surface area contributed by atoms with E-state index in [1.807, 2.05) is 0 Å². The number of alkyl halides is 3. The van der Waals surface area contributed by atoms with Gasteiger partial charge in [-0.1, -0.05) is 11.6 Å². The molecule has 2 N–H and O–H groups in total. The Kier molecular flexibility index (Phi) is 5.00. The zero-order valence-corrected chi connectivity index (χ0v) is 11.3. The van der Waals surface area contributed by atoms with Crippen LogP contribution in [0.1, 0.15) is 16.8 Å². The van der Waals surface area contributed by atoms with E-state index in [-0.39, 0.29) is 10.6 Å². The Morgan fingerprint density at radius 3 is 2.45 bits per heavy atom. The van der Waals surface area contributed by atoms with Crippen LogP contribution >= 0.6 is 11.6 Å². The Hall–Kier alpha value is -1.32. The molecule has 0 saturated carbocycles. The second-order valence-electron chi connectivity index (χ2n) is 3.71. The average Bonchev–Trinajstić information content (AvgIpc) is 2.26. The van der Waals surface area contributed by atoms with E-state index in [0.717, 1.165) is 18.2 Å². The first kappa shape index (κ1) is 16.7. The summed E-state index contributed by atoms with van der Waals surface area (Å²) in [6, 6.07) is 2.91. The number of benzene rings is 1. The number of halogens is 4. The first-order valence-corrected chi connectivity index (χ1v) is 6.98. The van der Waals surface area contributed by atoms with Crippen molar-refractivity contribution in [2.24, 2.45) is 0 Å². The molecule has 20 heavy (non-hydrogen) atoms. The molecule has 1 aromatic rings. The summed E-state index contributed by atoms with van der Waals surface area (Å²) < 4.78 is 61.1. The molecule has 112 valence electrons. The number of carboxylic acid groups (broad SMARTS) is 1. The van der Waals surface area contributed by atoms with E-state index >= 15 is 0 Å². The Morgan fingerprint density at radius 2 is 1.95 bits per heavy atom. The van der Waals surface area contributed by atoms with Gasteiger partial charge in [-0.15, -0.1) is 0 Å². The molecule has 0 aliphatic rings. The van der Waals surface area contributed by atoms with Crippen LogP contribution in [0, 0.1) is 0 Å². The lowest BCUT2D eigenvalue weighted by molar-refractivity contribution is -0.132. The van der Waals surface area contributed by atoms with Gasteiger partial charge in [-0.25, -0.2) is 17.9 Å². The third kappa shape index (κ3) is 4.66. The van der Waals surface area contributed by atoms with Crippen molar-refractivity contribution in [3.8, 4) is 0 Å². The molecule has 0 fully saturated rings. The topological polar surface area (TPSA) is 83.5 Å². The number of sulfonamides is 1. The summed E-state index contributed by atoms with van der Waals surface area (Å²) in [5, 5.41) is 8.46. The van der Waals surface area contributed by atoms with Gasteiger partial charge in [-0.2, -0.15) is 13.2 Å². The Balaban J connectivity index is 2.97. The van der Waals surface area contributed by atoms with Crippen LogP contribution in [0.25, 0.3) is 0 Å². The van der Waals surface area contributed by atoms with Crippen LogP contribution < -0.4 is 4.72 Å². The molecule has 1 aromatic carbocycles. The summed E-state index contributed by atoms with van der Waals surface area (Å²) in [6.45, 7) is -0.862. The van der Waals surface area contributed by atoms with Crippen LogP contribution in [0.4, 0.5) is 13.2 Å². The normalized spacial score (nSPS) is 12.4. The molecule has 0 aromatic heterocycles. The van der Waals surface area contributed by atoms with E-state index in [1.54, 1.807) is 4.72 Å². The van der Waals surface area contributed by atoms with Gasteiger partial charge in [0.15, 0.2) is 0 Å². The predicted octanol–water partition coefficient (Wildman–Crippen LogP) is 2.27. The van der Waals surface area contributed by atoms with Crippen molar-refractivity contribution < 1.29 is 31.5 Å². The van der Waals surface area contributed by atoms with E-state index < -0.39 is 40.0 Å². The van der Waals surface area contributed by atoms with Crippen LogP contribution in [-0.4, -0.2) is 32.2 Å². The third-order valence-electron chi connectivity index (χ3n) is 2.17. The summed E-state index contributed by atoms with van der Waals surface area (Å²) >= 11 is 5.62. The second kappa shape index (κ2) is 5.98. The largest absolute Gasteiger partial charge is 0.478 e. The molecule has 0 aliphatic carbocycles.